The number of aryl methyl sites for hydroxylation is 3. The van der Waals surface area contributed by atoms with E-state index in [0.29, 0.717) is 0 Å². The maximum absolute atomic E-state index is 4.43. The zero-order valence-corrected chi connectivity index (χ0v) is 12.0. The Balaban J connectivity index is 2.00. The van der Waals surface area contributed by atoms with E-state index in [2.05, 4.69) is 40.1 Å². The fraction of sp³-hybridized carbons (Fsp3) is 0.235. The van der Waals surface area contributed by atoms with Crippen molar-refractivity contribution < 1.29 is 0 Å². The maximum Gasteiger partial charge on any atom is 0.125 e. The number of benzene rings is 1. The van der Waals surface area contributed by atoms with E-state index in [9.17, 15) is 0 Å². The van der Waals surface area contributed by atoms with Gasteiger partial charge in [0, 0.05) is 29.9 Å². The molecule has 0 fully saturated rings. The highest BCUT2D eigenvalue weighted by atomic mass is 14.9. The van der Waals surface area contributed by atoms with Crippen LogP contribution in [0.5, 0.6) is 0 Å². The fourth-order valence-corrected chi connectivity index (χ4v) is 2.44. The summed E-state index contributed by atoms with van der Waals surface area (Å²) in [5, 5.41) is 1.22. The second kappa shape index (κ2) is 5.00. The van der Waals surface area contributed by atoms with E-state index >= 15 is 0 Å². The third-order valence-corrected chi connectivity index (χ3v) is 3.62. The lowest BCUT2D eigenvalue weighted by Crippen LogP contribution is -1.99. The second-order valence-electron chi connectivity index (χ2n) is 5.18. The van der Waals surface area contributed by atoms with Crippen LogP contribution in [0.15, 0.2) is 36.7 Å². The first-order valence-corrected chi connectivity index (χ1v) is 6.77. The quantitative estimate of drug-likeness (QED) is 0.710. The van der Waals surface area contributed by atoms with Crippen LogP contribution in [-0.4, -0.2) is 15.0 Å². The van der Waals surface area contributed by atoms with Crippen molar-refractivity contribution in [3.05, 3.63) is 64.9 Å². The predicted octanol–water partition coefficient (Wildman–Crippen LogP) is 3.54. The summed E-state index contributed by atoms with van der Waals surface area (Å²) < 4.78 is 0. The summed E-state index contributed by atoms with van der Waals surface area (Å²) >= 11 is 0. The van der Waals surface area contributed by atoms with Crippen LogP contribution in [0.2, 0.25) is 0 Å². The monoisotopic (exact) mass is 263 g/mol. The minimum Gasteiger partial charge on any atom is -0.256 e. The topological polar surface area (TPSA) is 38.7 Å². The normalized spacial score (nSPS) is 10.9. The molecule has 0 amide bonds. The molecular formula is C17H17N3. The number of aromatic nitrogens is 3. The molecule has 0 atom stereocenters. The van der Waals surface area contributed by atoms with Gasteiger partial charge in [0.15, 0.2) is 0 Å². The van der Waals surface area contributed by atoms with Crippen LogP contribution in [0.25, 0.3) is 10.9 Å². The van der Waals surface area contributed by atoms with E-state index < -0.39 is 0 Å². The van der Waals surface area contributed by atoms with Crippen molar-refractivity contribution in [2.24, 2.45) is 0 Å². The van der Waals surface area contributed by atoms with Crippen LogP contribution in [0.1, 0.15) is 28.2 Å². The molecule has 1 aromatic carbocycles. The summed E-state index contributed by atoms with van der Waals surface area (Å²) in [7, 11) is 0. The minimum atomic E-state index is 0.824. The van der Waals surface area contributed by atoms with E-state index in [0.717, 1.165) is 23.5 Å². The Hall–Kier alpha value is -2.29. The van der Waals surface area contributed by atoms with E-state index in [1.165, 1.54) is 22.1 Å². The van der Waals surface area contributed by atoms with Crippen molar-refractivity contribution >= 4 is 10.9 Å². The standard InChI is InChI=1S/C17H17N3/c1-11-6-7-18-17-5-4-14(9-16(11)17)8-15-10-19-13(3)20-12(15)2/h4-7,9-10H,8H2,1-3H3. The molecule has 0 saturated carbocycles. The Morgan fingerprint density at radius 1 is 1.00 bits per heavy atom. The molecule has 3 aromatic rings. The van der Waals surface area contributed by atoms with E-state index in [-0.39, 0.29) is 0 Å². The van der Waals surface area contributed by atoms with Crippen LogP contribution in [0, 0.1) is 20.8 Å². The number of nitrogens with zero attached hydrogens (tertiary/aromatic N) is 3. The first-order valence-electron chi connectivity index (χ1n) is 6.77. The Kier molecular flexibility index (Phi) is 3.18. The smallest absolute Gasteiger partial charge is 0.125 e. The zero-order chi connectivity index (χ0) is 14.1. The van der Waals surface area contributed by atoms with Gasteiger partial charge in [0.25, 0.3) is 0 Å². The summed E-state index contributed by atoms with van der Waals surface area (Å²) in [6.45, 7) is 6.08. The lowest BCUT2D eigenvalue weighted by Gasteiger charge is -2.07. The molecule has 0 bridgehead atoms. The Morgan fingerprint density at radius 2 is 1.85 bits per heavy atom. The van der Waals surface area contributed by atoms with Crippen molar-refractivity contribution in [3.8, 4) is 0 Å². The summed E-state index contributed by atoms with van der Waals surface area (Å²) in [5.41, 5.74) is 5.81. The van der Waals surface area contributed by atoms with Gasteiger partial charge < -0.3 is 0 Å². The van der Waals surface area contributed by atoms with Crippen LogP contribution >= 0.6 is 0 Å². The zero-order valence-electron chi connectivity index (χ0n) is 12.0. The number of fused-ring (bicyclic) bond motifs is 1. The van der Waals surface area contributed by atoms with Gasteiger partial charge >= 0.3 is 0 Å². The Labute approximate surface area is 118 Å². The molecule has 20 heavy (non-hydrogen) atoms. The lowest BCUT2D eigenvalue weighted by atomic mass is 10.0. The highest BCUT2D eigenvalue weighted by molar-refractivity contribution is 5.82. The van der Waals surface area contributed by atoms with Gasteiger partial charge in [-0.25, -0.2) is 9.97 Å². The van der Waals surface area contributed by atoms with Crippen LogP contribution < -0.4 is 0 Å². The highest BCUT2D eigenvalue weighted by Crippen LogP contribution is 2.20. The summed E-state index contributed by atoms with van der Waals surface area (Å²) in [6, 6.07) is 8.49. The minimum absolute atomic E-state index is 0.824. The molecule has 0 aliphatic carbocycles. The van der Waals surface area contributed by atoms with Crippen molar-refractivity contribution in [1.82, 2.24) is 15.0 Å². The lowest BCUT2D eigenvalue weighted by molar-refractivity contribution is 0.960. The first-order chi connectivity index (χ1) is 9.63. The van der Waals surface area contributed by atoms with E-state index in [4.69, 9.17) is 0 Å². The SMILES string of the molecule is Cc1ncc(Cc2ccc3nccc(C)c3c2)c(C)n1. The first kappa shape index (κ1) is 12.7. The maximum atomic E-state index is 4.43. The third-order valence-electron chi connectivity index (χ3n) is 3.62. The molecule has 3 rings (SSSR count). The highest BCUT2D eigenvalue weighted by Gasteiger charge is 2.05. The van der Waals surface area contributed by atoms with Gasteiger partial charge in [-0.05, 0) is 55.7 Å². The van der Waals surface area contributed by atoms with Crippen LogP contribution in [0.4, 0.5) is 0 Å². The molecule has 0 radical (unpaired) electrons. The molecule has 3 nitrogen and oxygen atoms in total. The van der Waals surface area contributed by atoms with E-state index in [1.807, 2.05) is 32.3 Å². The van der Waals surface area contributed by atoms with Gasteiger partial charge in [0.2, 0.25) is 0 Å². The number of hydrogen-bond donors (Lipinski definition) is 0. The fourth-order valence-electron chi connectivity index (χ4n) is 2.44. The van der Waals surface area contributed by atoms with Crippen molar-refractivity contribution in [1.29, 1.82) is 0 Å². The summed E-state index contributed by atoms with van der Waals surface area (Å²) in [4.78, 5) is 13.1. The van der Waals surface area contributed by atoms with Gasteiger partial charge in [-0.1, -0.05) is 6.07 Å². The number of rotatable bonds is 2. The van der Waals surface area contributed by atoms with Crippen LogP contribution in [-0.2, 0) is 6.42 Å². The molecule has 0 aliphatic heterocycles. The number of pyridine rings is 1. The number of hydrogen-bond acceptors (Lipinski definition) is 3. The molecule has 0 aliphatic rings. The van der Waals surface area contributed by atoms with E-state index in [1.54, 1.807) is 0 Å². The van der Waals surface area contributed by atoms with Gasteiger partial charge in [0.05, 0.1) is 5.52 Å². The third kappa shape index (κ3) is 2.39. The van der Waals surface area contributed by atoms with Gasteiger partial charge in [-0.3, -0.25) is 4.98 Å². The van der Waals surface area contributed by atoms with Gasteiger partial charge in [-0.15, -0.1) is 0 Å². The van der Waals surface area contributed by atoms with Crippen molar-refractivity contribution in [2.45, 2.75) is 27.2 Å². The molecule has 0 N–H and O–H groups in total. The molecule has 0 spiro atoms. The predicted molar refractivity (Wildman–Crippen MR) is 80.8 cm³/mol. The second-order valence-corrected chi connectivity index (χ2v) is 5.18. The molecule has 100 valence electrons. The molecule has 2 heterocycles. The average molecular weight is 263 g/mol. The van der Waals surface area contributed by atoms with Gasteiger partial charge in [-0.2, -0.15) is 0 Å². The molecule has 0 unspecified atom stereocenters. The van der Waals surface area contributed by atoms with Crippen molar-refractivity contribution in [2.75, 3.05) is 0 Å². The van der Waals surface area contributed by atoms with Crippen LogP contribution in [0.3, 0.4) is 0 Å². The molecule has 0 saturated heterocycles. The molecule has 3 heteroatoms. The average Bonchev–Trinajstić information content (AvgIpc) is 2.43. The van der Waals surface area contributed by atoms with Crippen molar-refractivity contribution in [3.63, 3.8) is 0 Å². The Bertz CT molecular complexity index is 778. The van der Waals surface area contributed by atoms with Gasteiger partial charge in [0.1, 0.15) is 5.82 Å². The molecular weight excluding hydrogens is 246 g/mol. The molecule has 2 aromatic heterocycles. The largest absolute Gasteiger partial charge is 0.256 e. The summed E-state index contributed by atoms with van der Waals surface area (Å²) in [6.07, 6.45) is 4.64. The Morgan fingerprint density at radius 3 is 2.65 bits per heavy atom. The summed E-state index contributed by atoms with van der Waals surface area (Å²) in [5.74, 6) is 0.824.